The molecular weight excluding hydrogens is 210 g/mol. The number of aliphatic hydroxyl groups is 1. The van der Waals surface area contributed by atoms with Crippen molar-refractivity contribution in [2.45, 2.75) is 6.42 Å². The minimum Gasteiger partial charge on any atom is -0.496 e. The summed E-state index contributed by atoms with van der Waals surface area (Å²) in [6.45, 7) is 0.0581. The molecule has 1 aromatic carbocycles. The summed E-state index contributed by atoms with van der Waals surface area (Å²) in [6, 6.07) is 4.51. The van der Waals surface area contributed by atoms with Crippen LogP contribution in [0.3, 0.4) is 0 Å². The van der Waals surface area contributed by atoms with E-state index in [4.69, 9.17) is 9.84 Å². The molecule has 16 heavy (non-hydrogen) atoms. The average molecular weight is 223 g/mol. The van der Waals surface area contributed by atoms with E-state index in [1.807, 2.05) is 0 Å². The maximum atomic E-state index is 10.6. The predicted molar refractivity (Wildman–Crippen MR) is 60.4 cm³/mol. The number of nitro benzene ring substituents is 1. The van der Waals surface area contributed by atoms with Gasteiger partial charge >= 0.3 is 0 Å². The predicted octanol–water partition coefficient (Wildman–Crippen LogP) is 2.00. The zero-order valence-electron chi connectivity index (χ0n) is 8.92. The first-order valence-corrected chi connectivity index (χ1v) is 4.78. The molecule has 0 aromatic heterocycles. The molecule has 0 radical (unpaired) electrons. The Balaban J connectivity index is 2.99. The zero-order chi connectivity index (χ0) is 12.0. The molecule has 5 nitrogen and oxygen atoms in total. The van der Waals surface area contributed by atoms with Crippen LogP contribution in [0.15, 0.2) is 24.3 Å². The Morgan fingerprint density at radius 1 is 1.50 bits per heavy atom. The van der Waals surface area contributed by atoms with Crippen molar-refractivity contribution in [3.8, 4) is 5.75 Å². The quantitative estimate of drug-likeness (QED) is 0.612. The van der Waals surface area contributed by atoms with Gasteiger partial charge in [0.1, 0.15) is 5.75 Å². The lowest BCUT2D eigenvalue weighted by Crippen LogP contribution is -1.91. The number of benzene rings is 1. The number of nitro groups is 1. The van der Waals surface area contributed by atoms with E-state index in [1.54, 1.807) is 18.2 Å². The highest BCUT2D eigenvalue weighted by Crippen LogP contribution is 2.23. The second kappa shape index (κ2) is 5.87. The number of ether oxygens (including phenoxy) is 1. The van der Waals surface area contributed by atoms with Crippen LogP contribution >= 0.6 is 0 Å². The van der Waals surface area contributed by atoms with Gasteiger partial charge in [0, 0.05) is 12.7 Å². The van der Waals surface area contributed by atoms with E-state index in [2.05, 4.69) is 0 Å². The molecule has 0 atom stereocenters. The maximum absolute atomic E-state index is 10.6. The summed E-state index contributed by atoms with van der Waals surface area (Å²) in [4.78, 5) is 10.2. The molecule has 5 heteroatoms. The molecule has 0 saturated carbocycles. The van der Waals surface area contributed by atoms with E-state index >= 15 is 0 Å². The van der Waals surface area contributed by atoms with Gasteiger partial charge in [-0.15, -0.1) is 0 Å². The first-order valence-electron chi connectivity index (χ1n) is 4.78. The Morgan fingerprint density at radius 3 is 2.81 bits per heavy atom. The molecule has 0 fully saturated rings. The van der Waals surface area contributed by atoms with Crippen LogP contribution < -0.4 is 4.74 Å². The van der Waals surface area contributed by atoms with Crippen LogP contribution in [0, 0.1) is 10.1 Å². The summed E-state index contributed by atoms with van der Waals surface area (Å²) in [6.07, 6.45) is 3.98. The van der Waals surface area contributed by atoms with E-state index in [0.717, 1.165) is 0 Å². The molecule has 0 amide bonds. The molecule has 86 valence electrons. The summed E-state index contributed by atoms with van der Waals surface area (Å²) in [7, 11) is 1.46. The number of hydrogen-bond donors (Lipinski definition) is 1. The molecule has 0 spiro atoms. The van der Waals surface area contributed by atoms with Crippen molar-refractivity contribution in [3.05, 3.63) is 40.0 Å². The maximum Gasteiger partial charge on any atom is 0.273 e. The number of nitrogens with zero attached hydrogens (tertiary/aromatic N) is 1. The van der Waals surface area contributed by atoms with Gasteiger partial charge < -0.3 is 9.84 Å². The average Bonchev–Trinajstić information content (AvgIpc) is 2.29. The Morgan fingerprint density at radius 2 is 2.25 bits per heavy atom. The molecule has 1 rings (SSSR count). The van der Waals surface area contributed by atoms with E-state index in [9.17, 15) is 10.1 Å². The van der Waals surface area contributed by atoms with E-state index in [-0.39, 0.29) is 12.3 Å². The van der Waals surface area contributed by atoms with Gasteiger partial charge in [-0.25, -0.2) is 0 Å². The fraction of sp³-hybridized carbons (Fsp3) is 0.273. The van der Waals surface area contributed by atoms with Gasteiger partial charge in [-0.1, -0.05) is 12.2 Å². The monoisotopic (exact) mass is 223 g/mol. The Hall–Kier alpha value is -1.88. The highest BCUT2D eigenvalue weighted by molar-refractivity contribution is 5.57. The SMILES string of the molecule is COc1cc(C=CCCO)cc([N+](=O)[O-])c1. The molecule has 0 saturated heterocycles. The minimum atomic E-state index is -0.466. The van der Waals surface area contributed by atoms with Gasteiger partial charge in [0.2, 0.25) is 0 Å². The largest absolute Gasteiger partial charge is 0.496 e. The van der Waals surface area contributed by atoms with Crippen LogP contribution in [0.4, 0.5) is 5.69 Å². The van der Waals surface area contributed by atoms with Crippen molar-refractivity contribution in [1.82, 2.24) is 0 Å². The Kier molecular flexibility index (Phi) is 4.47. The highest BCUT2D eigenvalue weighted by atomic mass is 16.6. The first kappa shape index (κ1) is 12.2. The number of non-ortho nitro benzene ring substituents is 1. The van der Waals surface area contributed by atoms with Gasteiger partial charge in [-0.05, 0) is 18.1 Å². The van der Waals surface area contributed by atoms with Crippen LogP contribution in [-0.2, 0) is 0 Å². The van der Waals surface area contributed by atoms with E-state index in [1.165, 1.54) is 19.2 Å². The molecule has 0 bridgehead atoms. The Labute approximate surface area is 93.1 Å². The first-order chi connectivity index (χ1) is 7.67. The second-order valence-corrected chi connectivity index (χ2v) is 3.14. The number of methoxy groups -OCH3 is 1. The van der Waals surface area contributed by atoms with E-state index < -0.39 is 4.92 Å². The van der Waals surface area contributed by atoms with Crippen LogP contribution in [0.2, 0.25) is 0 Å². The molecule has 0 heterocycles. The third-order valence-corrected chi connectivity index (χ3v) is 1.97. The normalized spacial score (nSPS) is 10.6. The molecule has 0 unspecified atom stereocenters. The summed E-state index contributed by atoms with van der Waals surface area (Å²) < 4.78 is 4.96. The van der Waals surface area contributed by atoms with Gasteiger partial charge in [0.15, 0.2) is 0 Å². The van der Waals surface area contributed by atoms with Gasteiger partial charge in [0.25, 0.3) is 5.69 Å². The second-order valence-electron chi connectivity index (χ2n) is 3.14. The van der Waals surface area contributed by atoms with Crippen LogP contribution in [-0.4, -0.2) is 23.7 Å². The van der Waals surface area contributed by atoms with Crippen LogP contribution in [0.25, 0.3) is 6.08 Å². The van der Waals surface area contributed by atoms with Crippen molar-refractivity contribution in [1.29, 1.82) is 0 Å². The van der Waals surface area contributed by atoms with E-state index in [0.29, 0.717) is 17.7 Å². The van der Waals surface area contributed by atoms with Crippen LogP contribution in [0.5, 0.6) is 5.75 Å². The molecule has 0 aliphatic carbocycles. The third kappa shape index (κ3) is 3.36. The molecule has 1 N–H and O–H groups in total. The van der Waals surface area contributed by atoms with Crippen molar-refractivity contribution < 1.29 is 14.8 Å². The van der Waals surface area contributed by atoms with Gasteiger partial charge in [0.05, 0.1) is 18.1 Å². The van der Waals surface area contributed by atoms with Crippen molar-refractivity contribution in [2.75, 3.05) is 13.7 Å². The van der Waals surface area contributed by atoms with Crippen molar-refractivity contribution >= 4 is 11.8 Å². The van der Waals surface area contributed by atoms with Gasteiger partial charge in [-0.2, -0.15) is 0 Å². The number of aliphatic hydroxyl groups excluding tert-OH is 1. The Bertz CT molecular complexity index is 401. The summed E-state index contributed by atoms with van der Waals surface area (Å²) in [5, 5.41) is 19.2. The molecular formula is C11H13NO4. The molecule has 0 aliphatic rings. The highest BCUT2D eigenvalue weighted by Gasteiger charge is 2.08. The fourth-order valence-corrected chi connectivity index (χ4v) is 1.22. The zero-order valence-corrected chi connectivity index (χ0v) is 8.92. The third-order valence-electron chi connectivity index (χ3n) is 1.97. The summed E-state index contributed by atoms with van der Waals surface area (Å²) >= 11 is 0. The smallest absolute Gasteiger partial charge is 0.273 e. The lowest BCUT2D eigenvalue weighted by molar-refractivity contribution is -0.384. The lowest BCUT2D eigenvalue weighted by Gasteiger charge is -2.01. The fourth-order valence-electron chi connectivity index (χ4n) is 1.22. The van der Waals surface area contributed by atoms with Gasteiger partial charge in [-0.3, -0.25) is 10.1 Å². The summed E-state index contributed by atoms with van der Waals surface area (Å²) in [5.74, 6) is 0.442. The van der Waals surface area contributed by atoms with Crippen molar-refractivity contribution in [3.63, 3.8) is 0 Å². The lowest BCUT2D eigenvalue weighted by atomic mass is 10.1. The molecule has 0 aliphatic heterocycles. The number of hydrogen-bond acceptors (Lipinski definition) is 4. The van der Waals surface area contributed by atoms with Crippen molar-refractivity contribution in [2.24, 2.45) is 0 Å². The van der Waals surface area contributed by atoms with Crippen LogP contribution in [0.1, 0.15) is 12.0 Å². The summed E-state index contributed by atoms with van der Waals surface area (Å²) in [5.41, 5.74) is 0.669. The minimum absolute atomic E-state index is 0.0111. The number of rotatable bonds is 5. The topological polar surface area (TPSA) is 72.6 Å². The molecule has 1 aromatic rings. The standard InChI is InChI=1S/C11H13NO4/c1-16-11-7-9(4-2-3-5-13)6-10(8-11)12(14)15/h2,4,6-8,13H,3,5H2,1H3.